The van der Waals surface area contributed by atoms with E-state index in [1.807, 2.05) is 0 Å². The summed E-state index contributed by atoms with van der Waals surface area (Å²) in [6.45, 7) is 2.01. The van der Waals surface area contributed by atoms with Gasteiger partial charge in [0.1, 0.15) is 0 Å². The largest absolute Gasteiger partial charge is 0.378 e. The quantitative estimate of drug-likeness (QED) is 0.746. The van der Waals surface area contributed by atoms with Crippen molar-refractivity contribution >= 4 is 23.4 Å². The Kier molecular flexibility index (Phi) is 3.53. The third kappa shape index (κ3) is 2.45. The minimum Gasteiger partial charge on any atom is -0.378 e. The van der Waals surface area contributed by atoms with Gasteiger partial charge in [0.05, 0.1) is 24.5 Å². The van der Waals surface area contributed by atoms with E-state index in [0.717, 1.165) is 4.90 Å². The summed E-state index contributed by atoms with van der Waals surface area (Å²) in [4.78, 5) is 38.9. The molecule has 21 heavy (non-hydrogen) atoms. The summed E-state index contributed by atoms with van der Waals surface area (Å²) in [7, 11) is 0. The third-order valence-corrected chi connectivity index (χ3v) is 3.48. The van der Waals surface area contributed by atoms with Crippen molar-refractivity contribution in [3.63, 3.8) is 0 Å². The number of hydrogen-bond acceptors (Lipinski definition) is 4. The fourth-order valence-electron chi connectivity index (χ4n) is 2.42. The second kappa shape index (κ2) is 5.49. The van der Waals surface area contributed by atoms with Crippen LogP contribution in [0.4, 0.5) is 5.69 Å². The topological polar surface area (TPSA) is 66.9 Å². The van der Waals surface area contributed by atoms with Gasteiger partial charge in [-0.3, -0.25) is 14.4 Å². The molecule has 1 aromatic rings. The van der Waals surface area contributed by atoms with Gasteiger partial charge >= 0.3 is 0 Å². The zero-order valence-electron chi connectivity index (χ0n) is 11.3. The lowest BCUT2D eigenvalue weighted by atomic mass is 10.1. The Labute approximate surface area is 121 Å². The molecule has 2 heterocycles. The number of benzene rings is 1. The van der Waals surface area contributed by atoms with Crippen molar-refractivity contribution in [2.75, 3.05) is 31.2 Å². The van der Waals surface area contributed by atoms with Crippen molar-refractivity contribution < 1.29 is 19.1 Å². The molecule has 6 nitrogen and oxygen atoms in total. The predicted octanol–water partition coefficient (Wildman–Crippen LogP) is 0.588. The standard InChI is InChI=1S/C15H14N2O4/c18-13-5-6-14(19)17(13)12-4-2-1-3-11(12)15(20)16-7-9-21-10-8-16/h1-6H,7-10H2. The monoisotopic (exact) mass is 286 g/mol. The van der Waals surface area contributed by atoms with Crippen LogP contribution in [0.2, 0.25) is 0 Å². The summed E-state index contributed by atoms with van der Waals surface area (Å²) < 4.78 is 5.23. The Hall–Kier alpha value is -2.47. The van der Waals surface area contributed by atoms with E-state index in [9.17, 15) is 14.4 Å². The number of nitrogens with zero attached hydrogens (tertiary/aromatic N) is 2. The molecule has 3 amide bonds. The second-order valence-electron chi connectivity index (χ2n) is 4.77. The molecule has 1 aromatic carbocycles. The van der Waals surface area contributed by atoms with Gasteiger partial charge in [-0.05, 0) is 12.1 Å². The van der Waals surface area contributed by atoms with Gasteiger partial charge in [-0.15, -0.1) is 0 Å². The van der Waals surface area contributed by atoms with Crippen LogP contribution >= 0.6 is 0 Å². The lowest BCUT2D eigenvalue weighted by Gasteiger charge is -2.28. The summed E-state index contributed by atoms with van der Waals surface area (Å²) in [6, 6.07) is 6.66. The third-order valence-electron chi connectivity index (χ3n) is 3.48. The summed E-state index contributed by atoms with van der Waals surface area (Å²) >= 11 is 0. The molecule has 0 aromatic heterocycles. The highest BCUT2D eigenvalue weighted by atomic mass is 16.5. The molecule has 0 saturated carbocycles. The number of ether oxygens (including phenoxy) is 1. The Balaban J connectivity index is 1.94. The molecule has 3 rings (SSSR count). The summed E-state index contributed by atoms with van der Waals surface area (Å²) in [5.41, 5.74) is 0.679. The smallest absolute Gasteiger partial charge is 0.258 e. The average Bonchev–Trinajstić information content (AvgIpc) is 2.86. The van der Waals surface area contributed by atoms with Crippen LogP contribution in [0, 0.1) is 0 Å². The molecule has 0 N–H and O–H groups in total. The molecule has 0 aliphatic carbocycles. The zero-order valence-corrected chi connectivity index (χ0v) is 11.3. The molecule has 2 aliphatic heterocycles. The number of hydrogen-bond donors (Lipinski definition) is 0. The van der Waals surface area contributed by atoms with Crippen LogP contribution in [0.1, 0.15) is 10.4 Å². The molecule has 2 aliphatic rings. The van der Waals surface area contributed by atoms with Crippen LogP contribution in [-0.4, -0.2) is 48.9 Å². The van der Waals surface area contributed by atoms with Crippen LogP contribution in [0.3, 0.4) is 0 Å². The van der Waals surface area contributed by atoms with Crippen molar-refractivity contribution in [1.82, 2.24) is 4.90 Å². The van der Waals surface area contributed by atoms with Crippen molar-refractivity contribution in [2.45, 2.75) is 0 Å². The van der Waals surface area contributed by atoms with Crippen molar-refractivity contribution in [2.24, 2.45) is 0 Å². The van der Waals surface area contributed by atoms with E-state index in [4.69, 9.17) is 4.74 Å². The molecular formula is C15H14N2O4. The molecule has 0 radical (unpaired) electrons. The first-order chi connectivity index (χ1) is 10.2. The SMILES string of the molecule is O=C(c1ccccc1N1C(=O)C=CC1=O)N1CCOCC1. The lowest BCUT2D eigenvalue weighted by Crippen LogP contribution is -2.41. The van der Waals surface area contributed by atoms with Crippen LogP contribution in [0.25, 0.3) is 0 Å². The van der Waals surface area contributed by atoms with E-state index in [2.05, 4.69) is 0 Å². The van der Waals surface area contributed by atoms with E-state index in [0.29, 0.717) is 37.6 Å². The van der Waals surface area contributed by atoms with Crippen molar-refractivity contribution in [3.8, 4) is 0 Å². The van der Waals surface area contributed by atoms with Crippen molar-refractivity contribution in [1.29, 1.82) is 0 Å². The number of rotatable bonds is 2. The minimum atomic E-state index is -0.428. The number of amides is 3. The lowest BCUT2D eigenvalue weighted by molar-refractivity contribution is -0.119. The van der Waals surface area contributed by atoms with E-state index >= 15 is 0 Å². The highest BCUT2D eigenvalue weighted by molar-refractivity contribution is 6.29. The van der Waals surface area contributed by atoms with E-state index in [1.165, 1.54) is 12.2 Å². The summed E-state index contributed by atoms with van der Waals surface area (Å²) in [5, 5.41) is 0. The Morgan fingerprint density at radius 3 is 2.29 bits per heavy atom. The highest BCUT2D eigenvalue weighted by Gasteiger charge is 2.30. The average molecular weight is 286 g/mol. The first-order valence-corrected chi connectivity index (χ1v) is 6.70. The molecule has 1 fully saturated rings. The summed E-state index contributed by atoms with van der Waals surface area (Å²) in [6.07, 6.45) is 2.41. The molecule has 0 bridgehead atoms. The van der Waals surface area contributed by atoms with Crippen LogP contribution in [0.15, 0.2) is 36.4 Å². The predicted molar refractivity (Wildman–Crippen MR) is 74.8 cm³/mol. The zero-order chi connectivity index (χ0) is 14.8. The normalized spacial score (nSPS) is 18.5. The summed E-state index contributed by atoms with van der Waals surface area (Å²) in [5.74, 6) is -1.05. The van der Waals surface area contributed by atoms with E-state index < -0.39 is 11.8 Å². The van der Waals surface area contributed by atoms with Gasteiger partial charge in [0, 0.05) is 25.2 Å². The van der Waals surface area contributed by atoms with Crippen molar-refractivity contribution in [3.05, 3.63) is 42.0 Å². The first kappa shape index (κ1) is 13.5. The van der Waals surface area contributed by atoms with Gasteiger partial charge in [-0.2, -0.15) is 0 Å². The fraction of sp³-hybridized carbons (Fsp3) is 0.267. The van der Waals surface area contributed by atoms with Gasteiger partial charge in [0.25, 0.3) is 17.7 Å². The number of imide groups is 1. The number of anilines is 1. The molecule has 108 valence electrons. The van der Waals surface area contributed by atoms with E-state index in [1.54, 1.807) is 29.2 Å². The molecule has 0 spiro atoms. The number of morpholine rings is 1. The Morgan fingerprint density at radius 2 is 1.62 bits per heavy atom. The number of para-hydroxylation sites is 1. The maximum Gasteiger partial charge on any atom is 0.258 e. The molecule has 6 heteroatoms. The van der Waals surface area contributed by atoms with Gasteiger partial charge < -0.3 is 9.64 Å². The Bertz CT molecular complexity index is 614. The molecule has 1 saturated heterocycles. The first-order valence-electron chi connectivity index (χ1n) is 6.70. The molecular weight excluding hydrogens is 272 g/mol. The minimum absolute atomic E-state index is 0.193. The highest BCUT2D eigenvalue weighted by Crippen LogP contribution is 2.25. The van der Waals surface area contributed by atoms with E-state index in [-0.39, 0.29) is 5.91 Å². The maximum absolute atomic E-state index is 12.6. The number of carbonyl (C=O) groups excluding carboxylic acids is 3. The van der Waals surface area contributed by atoms with Gasteiger partial charge in [-0.1, -0.05) is 12.1 Å². The van der Waals surface area contributed by atoms with Gasteiger partial charge in [-0.25, -0.2) is 4.90 Å². The molecule has 0 atom stereocenters. The van der Waals surface area contributed by atoms with Gasteiger partial charge in [0.2, 0.25) is 0 Å². The number of carbonyl (C=O) groups is 3. The van der Waals surface area contributed by atoms with Crippen LogP contribution < -0.4 is 4.90 Å². The second-order valence-corrected chi connectivity index (χ2v) is 4.77. The van der Waals surface area contributed by atoms with Crippen LogP contribution in [-0.2, 0) is 14.3 Å². The maximum atomic E-state index is 12.6. The molecule has 0 unspecified atom stereocenters. The Morgan fingerprint density at radius 1 is 1.00 bits per heavy atom. The van der Waals surface area contributed by atoms with Crippen LogP contribution in [0.5, 0.6) is 0 Å². The fourth-order valence-corrected chi connectivity index (χ4v) is 2.42. The van der Waals surface area contributed by atoms with Gasteiger partial charge in [0.15, 0.2) is 0 Å².